The maximum absolute atomic E-state index is 5.85. The summed E-state index contributed by atoms with van der Waals surface area (Å²) in [5.74, 6) is 5.77. The van der Waals surface area contributed by atoms with Gasteiger partial charge in [-0.2, -0.15) is 0 Å². The van der Waals surface area contributed by atoms with Gasteiger partial charge in [0.1, 0.15) is 0 Å². The van der Waals surface area contributed by atoms with Gasteiger partial charge in [-0.05, 0) is 31.5 Å². The number of nitrogens with one attached hydrogen (secondary N) is 1. The first-order valence-corrected chi connectivity index (χ1v) is 4.51. The average Bonchev–Trinajstić information content (AvgIpc) is 2.11. The molecule has 1 rings (SSSR count). The lowest BCUT2D eigenvalue weighted by atomic mass is 10.2. The van der Waals surface area contributed by atoms with Crippen molar-refractivity contribution in [3.8, 4) is 11.8 Å². The van der Waals surface area contributed by atoms with Crippen molar-refractivity contribution in [3.05, 3.63) is 28.8 Å². The molecule has 68 valence electrons. The zero-order valence-corrected chi connectivity index (χ0v) is 8.57. The molecule has 13 heavy (non-hydrogen) atoms. The summed E-state index contributed by atoms with van der Waals surface area (Å²) in [5, 5.41) is 3.94. The molecule has 0 saturated heterocycles. The molecule has 0 fully saturated rings. The van der Waals surface area contributed by atoms with Crippen LogP contribution in [-0.4, -0.2) is 6.54 Å². The van der Waals surface area contributed by atoms with Crippen molar-refractivity contribution < 1.29 is 0 Å². The van der Waals surface area contributed by atoms with E-state index in [1.165, 1.54) is 5.56 Å². The fourth-order valence-electron chi connectivity index (χ4n) is 1.01. The van der Waals surface area contributed by atoms with Gasteiger partial charge in [0.2, 0.25) is 0 Å². The third kappa shape index (κ3) is 3.01. The van der Waals surface area contributed by atoms with Crippen molar-refractivity contribution in [2.24, 2.45) is 0 Å². The minimum atomic E-state index is 0.664. The lowest BCUT2D eigenvalue weighted by Gasteiger charge is -2.06. The van der Waals surface area contributed by atoms with Crippen molar-refractivity contribution in [1.29, 1.82) is 0 Å². The van der Waals surface area contributed by atoms with Crippen molar-refractivity contribution in [2.75, 3.05) is 11.9 Å². The Bertz CT molecular complexity index is 347. The van der Waals surface area contributed by atoms with Crippen LogP contribution in [0.15, 0.2) is 18.2 Å². The van der Waals surface area contributed by atoms with Crippen molar-refractivity contribution in [1.82, 2.24) is 0 Å². The molecule has 0 atom stereocenters. The Morgan fingerprint density at radius 2 is 2.23 bits per heavy atom. The molecule has 1 aromatic carbocycles. The Morgan fingerprint density at radius 1 is 1.46 bits per heavy atom. The number of benzene rings is 1. The van der Waals surface area contributed by atoms with Crippen LogP contribution in [0, 0.1) is 18.8 Å². The predicted octanol–water partition coefficient (Wildman–Crippen LogP) is 3.08. The van der Waals surface area contributed by atoms with Gasteiger partial charge in [-0.15, -0.1) is 5.92 Å². The number of anilines is 1. The van der Waals surface area contributed by atoms with Gasteiger partial charge < -0.3 is 5.32 Å². The van der Waals surface area contributed by atoms with Gasteiger partial charge in [0, 0.05) is 10.7 Å². The molecule has 0 unspecified atom stereocenters. The van der Waals surface area contributed by atoms with E-state index in [9.17, 15) is 0 Å². The van der Waals surface area contributed by atoms with Crippen LogP contribution in [-0.2, 0) is 0 Å². The van der Waals surface area contributed by atoms with Gasteiger partial charge in [0.15, 0.2) is 0 Å². The second-order valence-electron chi connectivity index (χ2n) is 2.74. The van der Waals surface area contributed by atoms with E-state index in [1.54, 1.807) is 0 Å². The van der Waals surface area contributed by atoms with Gasteiger partial charge in [-0.25, -0.2) is 0 Å². The Labute approximate surface area is 84.1 Å². The van der Waals surface area contributed by atoms with E-state index in [0.29, 0.717) is 6.54 Å². The maximum atomic E-state index is 5.85. The van der Waals surface area contributed by atoms with E-state index in [1.807, 2.05) is 32.0 Å². The second kappa shape index (κ2) is 4.79. The summed E-state index contributed by atoms with van der Waals surface area (Å²) in [5.41, 5.74) is 2.23. The highest BCUT2D eigenvalue weighted by molar-refractivity contribution is 6.30. The molecule has 0 bridgehead atoms. The molecule has 0 heterocycles. The Balaban J connectivity index is 2.73. The lowest BCUT2D eigenvalue weighted by molar-refractivity contribution is 1.33. The smallest absolute Gasteiger partial charge is 0.0765 e. The van der Waals surface area contributed by atoms with E-state index in [2.05, 4.69) is 17.2 Å². The zero-order valence-electron chi connectivity index (χ0n) is 7.82. The topological polar surface area (TPSA) is 12.0 Å². The van der Waals surface area contributed by atoms with E-state index in [0.717, 1.165) is 10.7 Å². The summed E-state index contributed by atoms with van der Waals surface area (Å²) in [6.45, 7) is 4.53. The molecule has 0 saturated carbocycles. The third-order valence-corrected chi connectivity index (χ3v) is 1.98. The van der Waals surface area contributed by atoms with Crippen LogP contribution >= 0.6 is 11.6 Å². The second-order valence-corrected chi connectivity index (χ2v) is 3.18. The number of rotatable bonds is 2. The highest BCUT2D eigenvalue weighted by atomic mass is 35.5. The average molecular weight is 194 g/mol. The molecule has 0 aliphatic carbocycles. The number of aryl methyl sites for hydroxylation is 1. The van der Waals surface area contributed by atoms with Crippen LogP contribution in [0.3, 0.4) is 0 Å². The first kappa shape index (κ1) is 9.95. The third-order valence-electron chi connectivity index (χ3n) is 1.74. The van der Waals surface area contributed by atoms with Crippen LogP contribution < -0.4 is 5.32 Å². The van der Waals surface area contributed by atoms with Crippen LogP contribution in [0.2, 0.25) is 5.02 Å². The zero-order chi connectivity index (χ0) is 9.68. The molecule has 0 aliphatic heterocycles. The van der Waals surface area contributed by atoms with Crippen molar-refractivity contribution >= 4 is 17.3 Å². The van der Waals surface area contributed by atoms with Crippen molar-refractivity contribution in [2.45, 2.75) is 13.8 Å². The molecule has 0 radical (unpaired) electrons. The van der Waals surface area contributed by atoms with Crippen LogP contribution in [0.1, 0.15) is 12.5 Å². The fraction of sp³-hybridized carbons (Fsp3) is 0.273. The van der Waals surface area contributed by atoms with Gasteiger partial charge in [-0.1, -0.05) is 23.6 Å². The first-order valence-electron chi connectivity index (χ1n) is 4.13. The van der Waals surface area contributed by atoms with E-state index >= 15 is 0 Å². The summed E-state index contributed by atoms with van der Waals surface area (Å²) < 4.78 is 0. The quantitative estimate of drug-likeness (QED) is 0.712. The van der Waals surface area contributed by atoms with Gasteiger partial charge in [0.05, 0.1) is 6.54 Å². The number of hydrogen-bond donors (Lipinski definition) is 1. The molecule has 1 N–H and O–H groups in total. The highest BCUT2D eigenvalue weighted by Crippen LogP contribution is 2.19. The van der Waals surface area contributed by atoms with Crippen LogP contribution in [0.25, 0.3) is 0 Å². The van der Waals surface area contributed by atoms with E-state index in [4.69, 9.17) is 11.6 Å². The Kier molecular flexibility index (Phi) is 3.67. The van der Waals surface area contributed by atoms with Crippen molar-refractivity contribution in [3.63, 3.8) is 0 Å². The normalized spacial score (nSPS) is 8.85. The molecule has 0 aromatic heterocycles. The highest BCUT2D eigenvalue weighted by Gasteiger charge is 1.96. The Morgan fingerprint density at radius 3 is 2.92 bits per heavy atom. The van der Waals surface area contributed by atoms with Crippen LogP contribution in [0.4, 0.5) is 5.69 Å². The first-order chi connectivity index (χ1) is 6.24. The minimum absolute atomic E-state index is 0.664. The van der Waals surface area contributed by atoms with Crippen LogP contribution in [0.5, 0.6) is 0 Å². The summed E-state index contributed by atoms with van der Waals surface area (Å²) in [6, 6.07) is 5.78. The van der Waals surface area contributed by atoms with Gasteiger partial charge in [-0.3, -0.25) is 0 Å². The molecule has 1 aromatic rings. The number of hydrogen-bond acceptors (Lipinski definition) is 1. The summed E-state index contributed by atoms with van der Waals surface area (Å²) in [4.78, 5) is 0. The predicted molar refractivity (Wildman–Crippen MR) is 58.1 cm³/mol. The molecule has 0 aliphatic rings. The molecule has 2 heteroatoms. The SMILES string of the molecule is CC#CCNc1cc(Cl)ccc1C. The van der Waals surface area contributed by atoms with Gasteiger partial charge in [0.25, 0.3) is 0 Å². The Hall–Kier alpha value is -1.13. The fourth-order valence-corrected chi connectivity index (χ4v) is 1.18. The van der Waals surface area contributed by atoms with E-state index in [-0.39, 0.29) is 0 Å². The lowest BCUT2D eigenvalue weighted by Crippen LogP contribution is -2.00. The monoisotopic (exact) mass is 193 g/mol. The van der Waals surface area contributed by atoms with Gasteiger partial charge >= 0.3 is 0 Å². The summed E-state index contributed by atoms with van der Waals surface area (Å²) in [7, 11) is 0. The molecular formula is C11H12ClN. The molecule has 1 nitrogen and oxygen atoms in total. The largest absolute Gasteiger partial charge is 0.374 e. The number of halogens is 1. The maximum Gasteiger partial charge on any atom is 0.0765 e. The summed E-state index contributed by atoms with van der Waals surface area (Å²) >= 11 is 5.85. The van der Waals surface area contributed by atoms with E-state index < -0.39 is 0 Å². The molecular weight excluding hydrogens is 182 g/mol. The molecule has 0 spiro atoms. The molecule has 0 amide bonds. The standard InChI is InChI=1S/C11H12ClN/c1-3-4-7-13-11-8-10(12)6-5-9(11)2/h5-6,8,13H,7H2,1-2H3. The minimum Gasteiger partial charge on any atom is -0.374 e. The summed E-state index contributed by atoms with van der Waals surface area (Å²) in [6.07, 6.45) is 0.